The summed E-state index contributed by atoms with van der Waals surface area (Å²) >= 11 is 0. The summed E-state index contributed by atoms with van der Waals surface area (Å²) in [6.45, 7) is 1.55. The van der Waals surface area contributed by atoms with Crippen LogP contribution >= 0.6 is 0 Å². The van der Waals surface area contributed by atoms with E-state index in [2.05, 4.69) is 15.0 Å². The van der Waals surface area contributed by atoms with E-state index in [0.717, 1.165) is 11.8 Å². The van der Waals surface area contributed by atoms with E-state index in [9.17, 15) is 12.8 Å². The van der Waals surface area contributed by atoms with Crippen LogP contribution in [0.5, 0.6) is 0 Å². The third-order valence-corrected chi connectivity index (χ3v) is 5.12. The van der Waals surface area contributed by atoms with E-state index in [0.29, 0.717) is 16.9 Å². The third kappa shape index (κ3) is 4.31. The number of hydrogen-bond acceptors (Lipinski definition) is 4. The van der Waals surface area contributed by atoms with Crippen molar-refractivity contribution in [3.8, 4) is 0 Å². The van der Waals surface area contributed by atoms with Crippen LogP contribution in [-0.4, -0.2) is 8.42 Å². The van der Waals surface area contributed by atoms with Crippen molar-refractivity contribution in [1.82, 2.24) is 0 Å². The van der Waals surface area contributed by atoms with Crippen LogP contribution in [0, 0.1) is 12.7 Å². The quantitative estimate of drug-likeness (QED) is 0.616. The Morgan fingerprint density at radius 1 is 0.846 bits per heavy atom. The Kier molecular flexibility index (Phi) is 5.09. The first-order valence-electron chi connectivity index (χ1n) is 7.80. The molecule has 0 unspecified atom stereocenters. The summed E-state index contributed by atoms with van der Waals surface area (Å²) in [6, 6.07) is 19.3. The number of halogens is 1. The van der Waals surface area contributed by atoms with Crippen LogP contribution in [0.1, 0.15) is 5.56 Å². The fraction of sp³-hybridized carbons (Fsp3) is 0.0526. The molecule has 3 aromatic rings. The van der Waals surface area contributed by atoms with Gasteiger partial charge >= 0.3 is 0 Å². The van der Waals surface area contributed by atoms with Crippen LogP contribution in [0.25, 0.3) is 0 Å². The maximum absolute atomic E-state index is 13.2. The minimum absolute atomic E-state index is 0.0340. The zero-order valence-corrected chi connectivity index (χ0v) is 14.7. The summed E-state index contributed by atoms with van der Waals surface area (Å²) in [6.07, 6.45) is 0. The zero-order chi connectivity index (χ0) is 18.6. The predicted molar refractivity (Wildman–Crippen MR) is 99.0 cm³/mol. The average Bonchev–Trinajstić information content (AvgIpc) is 2.61. The topological polar surface area (TPSA) is 70.9 Å². The summed E-state index contributed by atoms with van der Waals surface area (Å²) < 4.78 is 40.5. The van der Waals surface area contributed by atoms with E-state index in [1.54, 1.807) is 31.2 Å². The Labute approximate surface area is 151 Å². The van der Waals surface area contributed by atoms with E-state index in [-0.39, 0.29) is 4.90 Å². The highest BCUT2D eigenvalue weighted by Crippen LogP contribution is 2.23. The first-order valence-corrected chi connectivity index (χ1v) is 9.28. The van der Waals surface area contributed by atoms with Gasteiger partial charge in [-0.1, -0.05) is 18.2 Å². The van der Waals surface area contributed by atoms with Crippen LogP contribution in [0.2, 0.25) is 0 Å². The number of rotatable bonds is 5. The summed E-state index contributed by atoms with van der Waals surface area (Å²) in [4.78, 5) is 0.0340. The predicted octanol–water partition coefficient (Wildman–Crippen LogP) is 5.35. The number of nitrogens with zero attached hydrogens (tertiary/aromatic N) is 2. The fourth-order valence-corrected chi connectivity index (χ4v) is 3.62. The molecule has 0 aliphatic heterocycles. The van der Waals surface area contributed by atoms with Gasteiger partial charge in [0.25, 0.3) is 10.0 Å². The monoisotopic (exact) mass is 369 g/mol. The number of sulfonamides is 1. The van der Waals surface area contributed by atoms with Gasteiger partial charge in [0.15, 0.2) is 0 Å². The molecule has 0 fully saturated rings. The number of nitrogens with one attached hydrogen (secondary N) is 1. The van der Waals surface area contributed by atoms with Crippen molar-refractivity contribution in [3.63, 3.8) is 0 Å². The van der Waals surface area contributed by atoms with Crippen molar-refractivity contribution in [2.24, 2.45) is 10.2 Å². The molecule has 3 aromatic carbocycles. The van der Waals surface area contributed by atoms with Crippen molar-refractivity contribution >= 4 is 27.1 Å². The number of benzene rings is 3. The van der Waals surface area contributed by atoms with Crippen molar-refractivity contribution in [2.75, 3.05) is 4.72 Å². The molecule has 1 N–H and O–H groups in total. The molecule has 0 spiro atoms. The average molecular weight is 369 g/mol. The Bertz CT molecular complexity index is 1030. The molecule has 5 nitrogen and oxygen atoms in total. The maximum Gasteiger partial charge on any atom is 0.262 e. The number of anilines is 1. The Hall–Kier alpha value is -3.06. The van der Waals surface area contributed by atoms with Crippen molar-refractivity contribution < 1.29 is 12.8 Å². The minimum Gasteiger partial charge on any atom is -0.280 e. The minimum atomic E-state index is -3.80. The van der Waals surface area contributed by atoms with Crippen molar-refractivity contribution in [3.05, 3.63) is 84.2 Å². The lowest BCUT2D eigenvalue weighted by Gasteiger charge is -2.10. The largest absolute Gasteiger partial charge is 0.280 e. The third-order valence-electron chi connectivity index (χ3n) is 3.58. The number of aryl methyl sites for hydroxylation is 1. The van der Waals surface area contributed by atoms with Crippen LogP contribution < -0.4 is 4.72 Å². The molecule has 3 rings (SSSR count). The van der Waals surface area contributed by atoms with E-state index in [4.69, 9.17) is 0 Å². The first kappa shape index (κ1) is 17.8. The highest BCUT2D eigenvalue weighted by molar-refractivity contribution is 7.92. The molecular formula is C19H16FN3O2S. The molecule has 132 valence electrons. The number of hydrogen-bond donors (Lipinski definition) is 1. The second kappa shape index (κ2) is 7.45. The lowest BCUT2D eigenvalue weighted by Crippen LogP contribution is -2.14. The molecule has 0 aromatic heterocycles. The molecule has 0 amide bonds. The standard InChI is InChI=1S/C19H16FN3O2S/c1-14-13-15(20)7-12-19(14)26(24,25)23-18-10-8-17(9-11-18)22-21-16-5-3-2-4-6-16/h2-13,23H,1H3. The highest BCUT2D eigenvalue weighted by atomic mass is 32.2. The van der Waals surface area contributed by atoms with Crippen LogP contribution in [-0.2, 0) is 10.0 Å². The summed E-state index contributed by atoms with van der Waals surface area (Å²) in [5, 5.41) is 8.20. The van der Waals surface area contributed by atoms with Gasteiger partial charge < -0.3 is 0 Å². The fourth-order valence-electron chi connectivity index (χ4n) is 2.33. The highest BCUT2D eigenvalue weighted by Gasteiger charge is 2.17. The van der Waals surface area contributed by atoms with Gasteiger partial charge in [-0.3, -0.25) is 4.72 Å². The lowest BCUT2D eigenvalue weighted by atomic mass is 10.2. The molecular weight excluding hydrogens is 353 g/mol. The van der Waals surface area contributed by atoms with Crippen LogP contribution in [0.15, 0.2) is 87.9 Å². The van der Waals surface area contributed by atoms with E-state index in [1.165, 1.54) is 12.1 Å². The SMILES string of the molecule is Cc1cc(F)ccc1S(=O)(=O)Nc1ccc(N=Nc2ccccc2)cc1. The smallest absolute Gasteiger partial charge is 0.262 e. The summed E-state index contributed by atoms with van der Waals surface area (Å²) in [7, 11) is -3.80. The van der Waals surface area contributed by atoms with Gasteiger partial charge in [-0.05, 0) is 67.1 Å². The Balaban J connectivity index is 1.75. The lowest BCUT2D eigenvalue weighted by molar-refractivity contribution is 0.598. The number of azo groups is 1. The summed E-state index contributed by atoms with van der Waals surface area (Å²) in [5.74, 6) is -0.477. The molecule has 0 heterocycles. The first-order chi connectivity index (χ1) is 12.4. The van der Waals surface area contributed by atoms with Crippen molar-refractivity contribution in [1.29, 1.82) is 0 Å². The van der Waals surface area contributed by atoms with Crippen LogP contribution in [0.3, 0.4) is 0 Å². The van der Waals surface area contributed by atoms with Crippen molar-refractivity contribution in [2.45, 2.75) is 11.8 Å². The maximum atomic E-state index is 13.2. The van der Waals surface area contributed by atoms with E-state index in [1.807, 2.05) is 30.3 Å². The zero-order valence-electron chi connectivity index (χ0n) is 13.9. The van der Waals surface area contributed by atoms with Gasteiger partial charge in [-0.2, -0.15) is 10.2 Å². The molecule has 0 saturated carbocycles. The molecule has 7 heteroatoms. The normalized spacial score (nSPS) is 11.6. The molecule has 0 bridgehead atoms. The second-order valence-electron chi connectivity index (χ2n) is 5.60. The van der Waals surface area contributed by atoms with Gasteiger partial charge in [0.05, 0.1) is 16.3 Å². The Morgan fingerprint density at radius 2 is 1.46 bits per heavy atom. The molecule has 0 aliphatic carbocycles. The van der Waals surface area contributed by atoms with Gasteiger partial charge in [0.2, 0.25) is 0 Å². The van der Waals surface area contributed by atoms with Crippen LogP contribution in [0.4, 0.5) is 21.5 Å². The van der Waals surface area contributed by atoms with Gasteiger partial charge in [-0.15, -0.1) is 0 Å². The summed E-state index contributed by atoms with van der Waals surface area (Å²) in [5.41, 5.74) is 2.04. The van der Waals surface area contributed by atoms with E-state index >= 15 is 0 Å². The molecule has 0 radical (unpaired) electrons. The Morgan fingerprint density at radius 3 is 2.08 bits per heavy atom. The molecule has 0 aliphatic rings. The van der Waals surface area contributed by atoms with E-state index < -0.39 is 15.8 Å². The molecule has 0 saturated heterocycles. The van der Waals surface area contributed by atoms with Gasteiger partial charge in [-0.25, -0.2) is 12.8 Å². The van der Waals surface area contributed by atoms with Gasteiger partial charge in [0.1, 0.15) is 5.82 Å². The second-order valence-corrected chi connectivity index (χ2v) is 7.25. The molecule has 0 atom stereocenters. The van der Waals surface area contributed by atoms with Gasteiger partial charge in [0, 0.05) is 5.69 Å². The molecule has 26 heavy (non-hydrogen) atoms.